The maximum atomic E-state index is 13.6. The highest BCUT2D eigenvalue weighted by Crippen LogP contribution is 2.41. The molecule has 0 radical (unpaired) electrons. The zero-order valence-corrected chi connectivity index (χ0v) is 26.3. The molecule has 1 aliphatic carbocycles. The average Bonchev–Trinajstić information content (AvgIpc) is 3.39. The Balaban J connectivity index is 1.54. The number of halogens is 1. The van der Waals surface area contributed by atoms with E-state index in [-0.39, 0.29) is 24.3 Å². The van der Waals surface area contributed by atoms with Crippen molar-refractivity contribution in [3.63, 3.8) is 0 Å². The third-order valence-corrected chi connectivity index (χ3v) is 9.23. The van der Waals surface area contributed by atoms with Gasteiger partial charge in [-0.2, -0.15) is 0 Å². The van der Waals surface area contributed by atoms with Crippen molar-refractivity contribution >= 4 is 29.5 Å². The number of carbonyl (C=O) groups is 3. The number of aryl methyl sites for hydroxylation is 1. The van der Waals surface area contributed by atoms with Gasteiger partial charge in [-0.15, -0.1) is 0 Å². The van der Waals surface area contributed by atoms with Crippen molar-refractivity contribution in [2.24, 2.45) is 11.8 Å². The minimum atomic E-state index is -0.838. The molecule has 2 aromatic carbocycles. The first kappa shape index (κ1) is 32.8. The molecule has 4 atom stereocenters. The van der Waals surface area contributed by atoms with E-state index in [0.29, 0.717) is 36.7 Å². The lowest BCUT2D eigenvalue weighted by atomic mass is 9.76. The number of hydrogen-bond donors (Lipinski definition) is 4. The lowest BCUT2D eigenvalue weighted by molar-refractivity contribution is -0.126. The fourth-order valence-corrected chi connectivity index (χ4v) is 6.66. The second-order valence-corrected chi connectivity index (χ2v) is 13.2. The van der Waals surface area contributed by atoms with Crippen LogP contribution in [0.5, 0.6) is 0 Å². The van der Waals surface area contributed by atoms with E-state index in [9.17, 15) is 19.5 Å². The van der Waals surface area contributed by atoms with Gasteiger partial charge in [0.2, 0.25) is 11.8 Å². The van der Waals surface area contributed by atoms with Crippen molar-refractivity contribution in [3.05, 3.63) is 70.2 Å². The summed E-state index contributed by atoms with van der Waals surface area (Å²) in [7, 11) is 0. The number of hydrogen-bond acceptors (Lipinski definition) is 5. The van der Waals surface area contributed by atoms with Crippen molar-refractivity contribution in [2.75, 3.05) is 13.2 Å². The first-order valence-corrected chi connectivity index (χ1v) is 15.9. The second-order valence-electron chi connectivity index (χ2n) is 12.8. The largest absolute Gasteiger partial charge is 0.440 e. The average molecular weight is 612 g/mol. The smallest absolute Gasteiger partial charge is 0.408 e. The Hall–Kier alpha value is -3.10. The van der Waals surface area contributed by atoms with E-state index in [1.165, 1.54) is 6.42 Å². The summed E-state index contributed by atoms with van der Waals surface area (Å²) < 4.78 is 6.20. The van der Waals surface area contributed by atoms with E-state index < -0.39 is 29.7 Å². The number of carbonyl (C=O) groups excluding carboxylic acids is 3. The van der Waals surface area contributed by atoms with Crippen LogP contribution in [0, 0.1) is 18.8 Å². The molecule has 9 heteroatoms. The Bertz CT molecular complexity index is 1260. The molecule has 43 heavy (non-hydrogen) atoms. The molecule has 1 heterocycles. The van der Waals surface area contributed by atoms with Crippen LogP contribution >= 0.6 is 11.6 Å². The molecular weight excluding hydrogens is 566 g/mol. The maximum Gasteiger partial charge on any atom is 0.408 e. The highest BCUT2D eigenvalue weighted by Gasteiger charge is 2.38. The first-order valence-electron chi connectivity index (χ1n) is 15.6. The van der Waals surface area contributed by atoms with Gasteiger partial charge in [-0.1, -0.05) is 99.5 Å². The summed E-state index contributed by atoms with van der Waals surface area (Å²) in [5.41, 5.74) is 2.14. The first-order chi connectivity index (χ1) is 20.6. The fraction of sp³-hybridized carbons (Fsp3) is 0.559. The molecule has 0 spiro atoms. The number of nitrogens with one attached hydrogen (secondary N) is 3. The molecule has 1 saturated carbocycles. The molecule has 0 bridgehead atoms. The van der Waals surface area contributed by atoms with Gasteiger partial charge in [-0.25, -0.2) is 4.79 Å². The van der Waals surface area contributed by atoms with Gasteiger partial charge in [-0.05, 0) is 55.4 Å². The maximum absolute atomic E-state index is 13.6. The molecular formula is C34H46ClN3O5. The van der Waals surface area contributed by atoms with Crippen LogP contribution in [-0.2, 0) is 19.7 Å². The van der Waals surface area contributed by atoms with Crippen LogP contribution in [0.4, 0.5) is 4.79 Å². The molecule has 3 amide bonds. The lowest BCUT2D eigenvalue weighted by Gasteiger charge is -2.35. The molecule has 4 N–H and O–H groups in total. The number of amides is 3. The van der Waals surface area contributed by atoms with Gasteiger partial charge in [-0.3, -0.25) is 9.59 Å². The van der Waals surface area contributed by atoms with Crippen LogP contribution in [0.15, 0.2) is 48.5 Å². The van der Waals surface area contributed by atoms with Crippen LogP contribution in [0.2, 0.25) is 5.02 Å². The zero-order valence-electron chi connectivity index (χ0n) is 25.5. The molecule has 1 unspecified atom stereocenters. The van der Waals surface area contributed by atoms with Crippen LogP contribution in [0.25, 0.3) is 0 Å². The topological polar surface area (TPSA) is 117 Å². The highest BCUT2D eigenvalue weighted by atomic mass is 35.5. The Morgan fingerprint density at radius 2 is 1.79 bits per heavy atom. The van der Waals surface area contributed by atoms with E-state index in [1.54, 1.807) is 0 Å². The van der Waals surface area contributed by atoms with Crippen LogP contribution in [-0.4, -0.2) is 48.2 Å². The van der Waals surface area contributed by atoms with Crippen LogP contribution in [0.3, 0.4) is 0 Å². The van der Waals surface area contributed by atoms with Gasteiger partial charge in [0, 0.05) is 22.9 Å². The van der Waals surface area contributed by atoms with Gasteiger partial charge in [0.05, 0.1) is 12.6 Å². The molecule has 234 valence electrons. The second kappa shape index (κ2) is 15.1. The minimum absolute atomic E-state index is 0.0577. The van der Waals surface area contributed by atoms with Crippen LogP contribution < -0.4 is 16.0 Å². The molecule has 1 saturated heterocycles. The van der Waals surface area contributed by atoms with Gasteiger partial charge in [0.1, 0.15) is 12.1 Å². The molecule has 2 fully saturated rings. The minimum Gasteiger partial charge on any atom is -0.440 e. The van der Waals surface area contributed by atoms with Crippen molar-refractivity contribution in [2.45, 2.75) is 95.7 Å². The molecule has 8 nitrogen and oxygen atoms in total. The normalized spacial score (nSPS) is 19.7. The number of benzene rings is 2. The summed E-state index contributed by atoms with van der Waals surface area (Å²) in [4.78, 5) is 39.4. The monoisotopic (exact) mass is 611 g/mol. The number of ether oxygens (including phenoxy) is 1. The Kier molecular flexibility index (Phi) is 11.5. The quantitative estimate of drug-likeness (QED) is 0.244. The van der Waals surface area contributed by atoms with Crippen molar-refractivity contribution in [3.8, 4) is 0 Å². The molecule has 1 aliphatic heterocycles. The van der Waals surface area contributed by atoms with Gasteiger partial charge in [0.25, 0.3) is 0 Å². The van der Waals surface area contributed by atoms with E-state index in [0.717, 1.165) is 42.4 Å². The number of aliphatic hydroxyl groups excluding tert-OH is 1. The zero-order chi connectivity index (χ0) is 31.0. The Labute approximate surface area is 260 Å². The lowest BCUT2D eigenvalue weighted by Crippen LogP contribution is -2.52. The third kappa shape index (κ3) is 8.96. The van der Waals surface area contributed by atoms with E-state index in [4.69, 9.17) is 16.3 Å². The van der Waals surface area contributed by atoms with Crippen molar-refractivity contribution < 1.29 is 24.2 Å². The van der Waals surface area contributed by atoms with Gasteiger partial charge < -0.3 is 25.8 Å². The number of aliphatic hydroxyl groups is 1. The molecule has 2 aliphatic rings. The molecule has 4 rings (SSSR count). The predicted molar refractivity (Wildman–Crippen MR) is 168 cm³/mol. The standard InChI is InChI=1S/C34H46ClN3O5/c1-22-9-7-12-24(17-22)30(34(2,3)26-13-8-14-27(35)20-26)43-33(42)38-29(18-23-10-5-4-6-11-23)32(41)37-28(21-39)19-25-15-16-36-31(25)40/h7-9,12-14,17,20,23,25,28-30,39H,4-6,10-11,15-16,18-19,21H2,1-3H3,(H,36,40)(H,37,41)(H,38,42)/t25-,28-,29-,30?/m0/s1. The van der Waals surface area contributed by atoms with Gasteiger partial charge in [0.15, 0.2) is 0 Å². The third-order valence-electron chi connectivity index (χ3n) is 8.99. The summed E-state index contributed by atoms with van der Waals surface area (Å²) >= 11 is 6.34. The van der Waals surface area contributed by atoms with E-state index in [2.05, 4.69) is 16.0 Å². The predicted octanol–water partition coefficient (Wildman–Crippen LogP) is 5.74. The number of rotatable bonds is 12. The summed E-state index contributed by atoms with van der Waals surface area (Å²) in [6, 6.07) is 14.0. The highest BCUT2D eigenvalue weighted by molar-refractivity contribution is 6.30. The number of alkyl carbamates (subject to hydrolysis) is 1. The van der Waals surface area contributed by atoms with Crippen molar-refractivity contribution in [1.29, 1.82) is 0 Å². The summed E-state index contributed by atoms with van der Waals surface area (Å²) in [5, 5.41) is 19.2. The summed E-state index contributed by atoms with van der Waals surface area (Å²) in [6.45, 7) is 6.32. The Morgan fingerprint density at radius 1 is 1.05 bits per heavy atom. The van der Waals surface area contributed by atoms with Crippen LogP contribution in [0.1, 0.15) is 88.0 Å². The summed E-state index contributed by atoms with van der Waals surface area (Å²) in [6.07, 6.45) is 5.52. The Morgan fingerprint density at radius 3 is 2.44 bits per heavy atom. The molecule has 2 aromatic rings. The summed E-state index contributed by atoms with van der Waals surface area (Å²) in [5.74, 6) is -0.386. The van der Waals surface area contributed by atoms with E-state index in [1.807, 2.05) is 69.3 Å². The molecule has 0 aromatic heterocycles. The van der Waals surface area contributed by atoms with Crippen molar-refractivity contribution in [1.82, 2.24) is 16.0 Å². The SMILES string of the molecule is Cc1cccc(C(OC(=O)N[C@@H](CC2CCCCC2)C(=O)N[C@H](CO)C[C@@H]2CCNC2=O)C(C)(C)c2cccc(Cl)c2)c1. The van der Waals surface area contributed by atoms with E-state index >= 15 is 0 Å². The van der Waals surface area contributed by atoms with Gasteiger partial charge >= 0.3 is 6.09 Å². The fourth-order valence-electron chi connectivity index (χ4n) is 6.47.